The molecule has 2 aliphatic rings. The van der Waals surface area contributed by atoms with Gasteiger partial charge in [-0.1, -0.05) is 30.3 Å². The number of nitrogens with two attached hydrogens (primary N) is 1. The normalized spacial score (nSPS) is 20.9. The van der Waals surface area contributed by atoms with Gasteiger partial charge in [-0.2, -0.15) is 4.98 Å². The monoisotopic (exact) mass is 509 g/mol. The Hall–Kier alpha value is -3.67. The summed E-state index contributed by atoms with van der Waals surface area (Å²) in [7, 11) is -2.84. The summed E-state index contributed by atoms with van der Waals surface area (Å²) in [5.74, 6) is 0.183. The molecule has 2 aromatic carbocycles. The van der Waals surface area contributed by atoms with E-state index in [9.17, 15) is 14.5 Å². The van der Waals surface area contributed by atoms with Crippen molar-refractivity contribution in [2.75, 3.05) is 17.7 Å². The maximum absolute atomic E-state index is 12.6. The summed E-state index contributed by atoms with van der Waals surface area (Å²) in [5.41, 5.74) is 11.1. The van der Waals surface area contributed by atoms with Crippen molar-refractivity contribution in [3.05, 3.63) is 63.9 Å². The second kappa shape index (κ2) is 8.77. The van der Waals surface area contributed by atoms with Crippen LogP contribution >= 0.6 is 8.25 Å². The van der Waals surface area contributed by atoms with E-state index in [0.717, 1.165) is 17.7 Å². The predicted octanol–water partition coefficient (Wildman–Crippen LogP) is 2.33. The molecule has 1 saturated heterocycles. The van der Waals surface area contributed by atoms with Gasteiger partial charge in [-0.3, -0.25) is 14.3 Å². The first-order valence-corrected chi connectivity index (χ1v) is 12.4. The van der Waals surface area contributed by atoms with Gasteiger partial charge in [0.2, 0.25) is 11.9 Å². The average molecular weight is 509 g/mol. The molecule has 184 valence electrons. The van der Waals surface area contributed by atoms with Gasteiger partial charge < -0.3 is 20.9 Å². The summed E-state index contributed by atoms with van der Waals surface area (Å²) in [4.78, 5) is 32.7. The quantitative estimate of drug-likeness (QED) is 0.213. The Balaban J connectivity index is 1.37. The van der Waals surface area contributed by atoms with Gasteiger partial charge in [-0.15, -0.1) is 9.42 Å². The molecule has 4 atom stereocenters. The molecule has 0 saturated carbocycles. The van der Waals surface area contributed by atoms with Gasteiger partial charge in [0.15, 0.2) is 11.2 Å². The zero-order valence-electron chi connectivity index (χ0n) is 18.8. The number of nitrogens with zero attached hydrogens (tertiary/aromatic N) is 3. The third kappa shape index (κ3) is 3.94. The summed E-state index contributed by atoms with van der Waals surface area (Å²) >= 11 is 0. The van der Waals surface area contributed by atoms with Crippen LogP contribution in [0.15, 0.2) is 47.3 Å². The molecule has 2 aromatic heterocycles. The van der Waals surface area contributed by atoms with Crippen LogP contribution in [0.2, 0.25) is 0 Å². The van der Waals surface area contributed by atoms with E-state index in [0.29, 0.717) is 0 Å². The van der Waals surface area contributed by atoms with Crippen LogP contribution in [0.1, 0.15) is 23.8 Å². The Bertz CT molecular complexity index is 1570. The summed E-state index contributed by atoms with van der Waals surface area (Å²) in [6, 6.07) is 14.3. The number of anilines is 3. The molecule has 4 aromatic rings. The number of aromatic amines is 1. The molecule has 6 N–H and O–H groups in total. The second-order valence-corrected chi connectivity index (χ2v) is 9.46. The van der Waals surface area contributed by atoms with Crippen molar-refractivity contribution in [3.8, 4) is 11.1 Å². The standard InChI is InChI=1S/C23H21N6O6P/c24-22-27-20-19(21(31)28-22)26-23(29(20)18-9-16(30)17(35-18)10-34-36(32)33)25-13-5-6-15-12(8-13)7-11-3-1-2-4-14(11)15/h1-6,8,16-18,30H,7,9-10H2,(H4-,24,25,26,27,28,31,32,33)/p+1/t16-,17+,18+/m0/s1. The van der Waals surface area contributed by atoms with Gasteiger partial charge in [0.05, 0.1) is 6.10 Å². The first kappa shape index (κ1) is 22.8. The van der Waals surface area contributed by atoms with Crippen LogP contribution in [0.25, 0.3) is 22.3 Å². The Labute approximate surface area is 204 Å². The summed E-state index contributed by atoms with van der Waals surface area (Å²) in [5, 5.41) is 13.7. The van der Waals surface area contributed by atoms with E-state index in [4.69, 9.17) is 19.9 Å². The fourth-order valence-corrected chi connectivity index (χ4v) is 5.15. The highest BCUT2D eigenvalue weighted by atomic mass is 31.1. The zero-order valence-corrected chi connectivity index (χ0v) is 19.7. The maximum Gasteiger partial charge on any atom is 0.694 e. The molecule has 0 amide bonds. The Morgan fingerprint density at radius 3 is 2.86 bits per heavy atom. The largest absolute Gasteiger partial charge is 0.694 e. The number of aromatic nitrogens is 4. The van der Waals surface area contributed by atoms with Crippen molar-refractivity contribution in [1.82, 2.24) is 19.5 Å². The van der Waals surface area contributed by atoms with Crippen molar-refractivity contribution in [2.45, 2.75) is 31.3 Å². The SMILES string of the molecule is Nc1nc2c(nc(Nc3ccc4c(c3)Cc3ccccc3-4)n2[C@H]2C[C@H](O)[C@@H](CO[P+](=O)O)O2)c(=O)[nH]1. The molecule has 12 nitrogen and oxygen atoms in total. The number of hydrogen-bond donors (Lipinski definition) is 5. The molecule has 6 rings (SSSR count). The lowest BCUT2D eigenvalue weighted by Crippen LogP contribution is -2.25. The maximum atomic E-state index is 12.6. The number of rotatable bonds is 6. The summed E-state index contributed by atoms with van der Waals surface area (Å²) < 4.78 is 23.2. The van der Waals surface area contributed by atoms with Crippen molar-refractivity contribution in [1.29, 1.82) is 0 Å². The molecule has 1 unspecified atom stereocenters. The molecule has 0 spiro atoms. The van der Waals surface area contributed by atoms with Crippen LogP contribution in [0.4, 0.5) is 17.6 Å². The van der Waals surface area contributed by atoms with Crippen molar-refractivity contribution in [3.63, 3.8) is 0 Å². The highest BCUT2D eigenvalue weighted by molar-refractivity contribution is 7.32. The van der Waals surface area contributed by atoms with Gasteiger partial charge in [0.25, 0.3) is 5.56 Å². The molecule has 3 heterocycles. The minimum Gasteiger partial charge on any atom is -0.390 e. The van der Waals surface area contributed by atoms with E-state index in [2.05, 4.69) is 32.4 Å². The average Bonchev–Trinajstić information content (AvgIpc) is 3.50. The number of nitrogen functional groups attached to an aromatic ring is 1. The predicted molar refractivity (Wildman–Crippen MR) is 131 cm³/mol. The Morgan fingerprint density at radius 2 is 2.03 bits per heavy atom. The van der Waals surface area contributed by atoms with Crippen LogP contribution in [0.5, 0.6) is 0 Å². The van der Waals surface area contributed by atoms with E-state index in [1.54, 1.807) is 4.57 Å². The van der Waals surface area contributed by atoms with Crippen LogP contribution in [0, 0.1) is 0 Å². The van der Waals surface area contributed by atoms with Crippen LogP contribution < -0.4 is 16.6 Å². The van der Waals surface area contributed by atoms with Crippen molar-refractivity contribution < 1.29 is 23.8 Å². The smallest absolute Gasteiger partial charge is 0.390 e. The molecule has 0 bridgehead atoms. The van der Waals surface area contributed by atoms with Crippen LogP contribution in [0.3, 0.4) is 0 Å². The number of hydrogen-bond acceptors (Lipinski definition) is 9. The number of ether oxygens (including phenoxy) is 1. The van der Waals surface area contributed by atoms with Gasteiger partial charge >= 0.3 is 8.25 Å². The first-order chi connectivity index (χ1) is 17.4. The van der Waals surface area contributed by atoms with E-state index in [-0.39, 0.29) is 36.1 Å². The molecule has 1 aliphatic carbocycles. The number of fused-ring (bicyclic) bond motifs is 4. The molecule has 0 radical (unpaired) electrons. The highest BCUT2D eigenvalue weighted by Crippen LogP contribution is 2.39. The number of benzene rings is 2. The minimum atomic E-state index is -2.84. The molecular weight excluding hydrogens is 487 g/mol. The third-order valence-corrected chi connectivity index (χ3v) is 6.83. The number of aliphatic hydroxyl groups is 1. The Kier molecular flexibility index (Phi) is 5.55. The number of imidazole rings is 1. The first-order valence-electron chi connectivity index (χ1n) is 11.3. The molecule has 36 heavy (non-hydrogen) atoms. The van der Waals surface area contributed by atoms with Crippen LogP contribution in [-0.2, 0) is 20.2 Å². The number of H-pyrrole nitrogens is 1. The molecule has 1 aliphatic heterocycles. The summed E-state index contributed by atoms with van der Waals surface area (Å²) in [6.45, 7) is -0.277. The number of nitrogens with one attached hydrogen (secondary N) is 2. The molecule has 13 heteroatoms. The molecule has 1 fully saturated rings. The minimum absolute atomic E-state index is 0.0523. The van der Waals surface area contributed by atoms with Gasteiger partial charge in [-0.25, -0.2) is 4.98 Å². The topological polar surface area (TPSA) is 178 Å². The molecular formula is C23H22N6O6P+. The van der Waals surface area contributed by atoms with Gasteiger partial charge in [0, 0.05) is 16.7 Å². The lowest BCUT2D eigenvalue weighted by molar-refractivity contribution is -0.0377. The van der Waals surface area contributed by atoms with Crippen molar-refractivity contribution in [2.24, 2.45) is 0 Å². The lowest BCUT2D eigenvalue weighted by Gasteiger charge is -2.17. The fourth-order valence-electron chi connectivity index (χ4n) is 4.87. The van der Waals surface area contributed by atoms with E-state index in [1.807, 2.05) is 30.3 Å². The highest BCUT2D eigenvalue weighted by Gasteiger charge is 2.39. The van der Waals surface area contributed by atoms with E-state index < -0.39 is 32.2 Å². The third-order valence-electron chi connectivity index (χ3n) is 6.46. The van der Waals surface area contributed by atoms with Gasteiger partial charge in [-0.05, 0) is 40.8 Å². The van der Waals surface area contributed by atoms with Crippen LogP contribution in [-0.4, -0.2) is 48.3 Å². The van der Waals surface area contributed by atoms with Gasteiger partial charge in [0.1, 0.15) is 18.9 Å². The van der Waals surface area contributed by atoms with Crippen molar-refractivity contribution >= 4 is 37.0 Å². The second-order valence-electron chi connectivity index (χ2n) is 8.73. The zero-order chi connectivity index (χ0) is 25.0. The van der Waals surface area contributed by atoms with E-state index in [1.165, 1.54) is 16.7 Å². The summed E-state index contributed by atoms with van der Waals surface area (Å²) in [6.07, 6.45) is -1.70. The Morgan fingerprint density at radius 1 is 1.22 bits per heavy atom. The van der Waals surface area contributed by atoms with E-state index >= 15 is 0 Å². The fraction of sp³-hybridized carbons (Fsp3) is 0.261. The number of aliphatic hydroxyl groups excluding tert-OH is 1. The lowest BCUT2D eigenvalue weighted by atomic mass is 10.1.